The Morgan fingerprint density at radius 1 is 1.09 bits per heavy atom. The Kier molecular flexibility index (Phi) is 4.54. The molecule has 2 aromatic carbocycles. The van der Waals surface area contributed by atoms with Gasteiger partial charge in [-0.2, -0.15) is 0 Å². The van der Waals surface area contributed by atoms with Crippen LogP contribution < -0.4 is 0 Å². The number of carbonyl (C=O) groups excluding carboxylic acids is 1. The summed E-state index contributed by atoms with van der Waals surface area (Å²) in [7, 11) is 0. The van der Waals surface area contributed by atoms with Gasteiger partial charge in [0.2, 0.25) is 0 Å². The average Bonchev–Trinajstić information content (AvgIpc) is 2.53. The topological polar surface area (TPSA) is 29.5 Å². The second-order valence-electron chi connectivity index (χ2n) is 5.63. The fourth-order valence-corrected chi connectivity index (χ4v) is 3.09. The normalized spacial score (nSPS) is 21.1. The highest BCUT2D eigenvalue weighted by Gasteiger charge is 2.45. The van der Waals surface area contributed by atoms with E-state index in [1.165, 1.54) is 11.1 Å². The van der Waals surface area contributed by atoms with Crippen molar-refractivity contribution in [2.75, 3.05) is 13.2 Å². The fraction of sp³-hybridized carbons (Fsp3) is 0.316. The van der Waals surface area contributed by atoms with Gasteiger partial charge in [0.15, 0.2) is 0 Å². The van der Waals surface area contributed by atoms with Crippen molar-refractivity contribution in [1.82, 2.24) is 4.90 Å². The number of benzene rings is 2. The van der Waals surface area contributed by atoms with Gasteiger partial charge in [0, 0.05) is 19.0 Å². The van der Waals surface area contributed by atoms with Crippen LogP contribution in [0.2, 0.25) is 0 Å². The lowest BCUT2D eigenvalue weighted by atomic mass is 9.82. The van der Waals surface area contributed by atoms with E-state index in [0.29, 0.717) is 6.61 Å². The molecule has 0 bridgehead atoms. The first-order chi connectivity index (χ1) is 10.8. The number of likely N-dealkylation sites (tertiary alicyclic amines) is 1. The highest BCUT2D eigenvalue weighted by atomic mass is 16.5. The molecule has 0 radical (unpaired) electrons. The monoisotopic (exact) mass is 295 g/mol. The molecule has 0 unspecified atom stereocenters. The first-order valence-corrected chi connectivity index (χ1v) is 7.79. The summed E-state index contributed by atoms with van der Waals surface area (Å²) < 4.78 is 5.28. The molecule has 0 saturated carbocycles. The van der Waals surface area contributed by atoms with Gasteiger partial charge in [-0.25, -0.2) is 0 Å². The van der Waals surface area contributed by atoms with E-state index in [9.17, 15) is 4.79 Å². The molecule has 22 heavy (non-hydrogen) atoms. The standard InChI is InChI=1S/C19H21NO2/c1-2-22-19(21)18-17(16-11-7-4-8-12-16)14-20(18)13-15-9-5-3-6-10-15/h3-12,17-18H,2,13-14H2,1H3/t17-,18-/m0/s1. The molecule has 3 rings (SSSR count). The maximum atomic E-state index is 12.3. The number of esters is 1. The van der Waals surface area contributed by atoms with E-state index in [1.54, 1.807) is 0 Å². The van der Waals surface area contributed by atoms with E-state index in [-0.39, 0.29) is 17.9 Å². The van der Waals surface area contributed by atoms with Gasteiger partial charge in [-0.05, 0) is 18.1 Å². The highest BCUT2D eigenvalue weighted by Crippen LogP contribution is 2.36. The quantitative estimate of drug-likeness (QED) is 0.793. The van der Waals surface area contributed by atoms with Gasteiger partial charge in [0.25, 0.3) is 0 Å². The maximum Gasteiger partial charge on any atom is 0.324 e. The van der Waals surface area contributed by atoms with E-state index in [2.05, 4.69) is 29.2 Å². The molecule has 1 aliphatic heterocycles. The first-order valence-electron chi connectivity index (χ1n) is 7.79. The molecule has 0 spiro atoms. The molecule has 1 saturated heterocycles. The lowest BCUT2D eigenvalue weighted by molar-refractivity contribution is -0.156. The Bertz CT molecular complexity index is 612. The van der Waals surface area contributed by atoms with Crippen molar-refractivity contribution in [3.63, 3.8) is 0 Å². The molecule has 0 N–H and O–H groups in total. The minimum atomic E-state index is -0.178. The number of ether oxygens (including phenoxy) is 1. The number of hydrogen-bond acceptors (Lipinski definition) is 3. The molecule has 2 aromatic rings. The molecule has 1 aliphatic rings. The van der Waals surface area contributed by atoms with Crippen molar-refractivity contribution >= 4 is 5.97 Å². The molecule has 0 aromatic heterocycles. The summed E-state index contributed by atoms with van der Waals surface area (Å²) in [5, 5.41) is 0. The van der Waals surface area contributed by atoms with E-state index in [4.69, 9.17) is 4.74 Å². The Morgan fingerprint density at radius 3 is 2.36 bits per heavy atom. The highest BCUT2D eigenvalue weighted by molar-refractivity contribution is 5.78. The number of rotatable bonds is 5. The molecular weight excluding hydrogens is 274 g/mol. The largest absolute Gasteiger partial charge is 0.465 e. The minimum Gasteiger partial charge on any atom is -0.465 e. The van der Waals surface area contributed by atoms with Gasteiger partial charge in [-0.3, -0.25) is 9.69 Å². The van der Waals surface area contributed by atoms with Crippen molar-refractivity contribution in [3.05, 3.63) is 71.8 Å². The first kappa shape index (κ1) is 14.8. The molecule has 0 amide bonds. The Morgan fingerprint density at radius 2 is 1.73 bits per heavy atom. The van der Waals surface area contributed by atoms with Crippen LogP contribution in [0.25, 0.3) is 0 Å². The van der Waals surface area contributed by atoms with E-state index < -0.39 is 0 Å². The minimum absolute atomic E-state index is 0.112. The van der Waals surface area contributed by atoms with Gasteiger partial charge in [-0.15, -0.1) is 0 Å². The van der Waals surface area contributed by atoms with Gasteiger partial charge >= 0.3 is 5.97 Å². The van der Waals surface area contributed by atoms with E-state index >= 15 is 0 Å². The van der Waals surface area contributed by atoms with E-state index in [1.807, 2.05) is 43.3 Å². The van der Waals surface area contributed by atoms with Crippen molar-refractivity contribution in [2.45, 2.75) is 25.4 Å². The van der Waals surface area contributed by atoms with Crippen LogP contribution in [-0.2, 0) is 16.1 Å². The molecule has 3 nitrogen and oxygen atoms in total. The molecule has 1 heterocycles. The third-order valence-corrected chi connectivity index (χ3v) is 4.19. The summed E-state index contributed by atoms with van der Waals surface area (Å²) in [6.45, 7) is 3.96. The summed E-state index contributed by atoms with van der Waals surface area (Å²) in [4.78, 5) is 14.5. The number of carbonyl (C=O) groups is 1. The van der Waals surface area contributed by atoms with Crippen LogP contribution >= 0.6 is 0 Å². The van der Waals surface area contributed by atoms with Crippen LogP contribution in [-0.4, -0.2) is 30.1 Å². The second kappa shape index (κ2) is 6.75. The molecule has 0 aliphatic carbocycles. The summed E-state index contributed by atoms with van der Waals surface area (Å²) in [5.74, 6) is 0.113. The predicted octanol–water partition coefficient (Wildman–Crippen LogP) is 3.22. The predicted molar refractivity (Wildman–Crippen MR) is 86.5 cm³/mol. The third kappa shape index (κ3) is 3.04. The maximum absolute atomic E-state index is 12.3. The van der Waals surface area contributed by atoms with Crippen LogP contribution in [0.4, 0.5) is 0 Å². The van der Waals surface area contributed by atoms with Crippen LogP contribution in [0.15, 0.2) is 60.7 Å². The van der Waals surface area contributed by atoms with Crippen LogP contribution in [0.1, 0.15) is 24.0 Å². The Hall–Kier alpha value is -2.13. The lowest BCUT2D eigenvalue weighted by Crippen LogP contribution is -2.58. The number of hydrogen-bond donors (Lipinski definition) is 0. The Balaban J connectivity index is 1.76. The molecule has 1 fully saturated rings. The van der Waals surface area contributed by atoms with Crippen LogP contribution in [0.5, 0.6) is 0 Å². The van der Waals surface area contributed by atoms with Crippen LogP contribution in [0.3, 0.4) is 0 Å². The SMILES string of the molecule is CCOC(=O)[C@@H]1[C@H](c2ccccc2)CN1Cc1ccccc1. The van der Waals surface area contributed by atoms with Crippen molar-refractivity contribution in [3.8, 4) is 0 Å². The zero-order valence-corrected chi connectivity index (χ0v) is 12.8. The number of nitrogens with zero attached hydrogens (tertiary/aromatic N) is 1. The van der Waals surface area contributed by atoms with Gasteiger partial charge < -0.3 is 4.74 Å². The van der Waals surface area contributed by atoms with E-state index in [0.717, 1.165) is 13.1 Å². The lowest BCUT2D eigenvalue weighted by Gasteiger charge is -2.46. The van der Waals surface area contributed by atoms with Gasteiger partial charge in [0.1, 0.15) is 6.04 Å². The third-order valence-electron chi connectivity index (χ3n) is 4.19. The second-order valence-corrected chi connectivity index (χ2v) is 5.63. The summed E-state index contributed by atoms with van der Waals surface area (Å²) in [6, 6.07) is 20.3. The zero-order valence-electron chi connectivity index (χ0n) is 12.8. The van der Waals surface area contributed by atoms with Gasteiger partial charge in [-0.1, -0.05) is 60.7 Å². The van der Waals surface area contributed by atoms with Crippen molar-refractivity contribution in [1.29, 1.82) is 0 Å². The van der Waals surface area contributed by atoms with Crippen molar-refractivity contribution < 1.29 is 9.53 Å². The zero-order chi connectivity index (χ0) is 15.4. The van der Waals surface area contributed by atoms with Gasteiger partial charge in [0.05, 0.1) is 6.61 Å². The average molecular weight is 295 g/mol. The molecule has 2 atom stereocenters. The molecule has 3 heteroatoms. The Labute approximate surface area is 131 Å². The molecule has 114 valence electrons. The molecular formula is C19H21NO2. The summed E-state index contributed by atoms with van der Waals surface area (Å²) in [6.07, 6.45) is 0. The van der Waals surface area contributed by atoms with Crippen LogP contribution in [0, 0.1) is 0 Å². The summed E-state index contributed by atoms with van der Waals surface area (Å²) in [5.41, 5.74) is 2.44. The summed E-state index contributed by atoms with van der Waals surface area (Å²) >= 11 is 0. The smallest absolute Gasteiger partial charge is 0.324 e. The van der Waals surface area contributed by atoms with Crippen molar-refractivity contribution in [2.24, 2.45) is 0 Å². The fourth-order valence-electron chi connectivity index (χ4n) is 3.09.